The Kier molecular flexibility index (Phi) is 5.19. The van der Waals surface area contributed by atoms with Crippen LogP contribution in [0.4, 0.5) is 10.1 Å². The molecule has 0 aliphatic rings. The van der Waals surface area contributed by atoms with Gasteiger partial charge in [0.2, 0.25) is 0 Å². The molecule has 0 spiro atoms. The van der Waals surface area contributed by atoms with Crippen LogP contribution in [0.25, 0.3) is 0 Å². The Morgan fingerprint density at radius 2 is 1.86 bits per heavy atom. The zero-order valence-corrected chi connectivity index (χ0v) is 12.0. The lowest BCUT2D eigenvalue weighted by atomic mass is 10.2. The van der Waals surface area contributed by atoms with Crippen molar-refractivity contribution in [1.82, 2.24) is 0 Å². The molecule has 2 aromatic carbocycles. The number of carbonyl (C=O) groups is 1. The molecule has 0 heterocycles. The second kappa shape index (κ2) is 7.31. The standard InChI is InChI=1S/C16H16FNO4/c1-21-12-3-5-13(6-4-12)22-9-8-18-11-2-7-15(17)14(10-11)16(19)20/h2-7,10,18H,8-9H2,1H3,(H,19,20). The van der Waals surface area contributed by atoms with Crippen molar-refractivity contribution in [3.63, 3.8) is 0 Å². The highest BCUT2D eigenvalue weighted by Crippen LogP contribution is 2.17. The first kappa shape index (κ1) is 15.6. The van der Waals surface area contributed by atoms with E-state index >= 15 is 0 Å². The number of ether oxygens (including phenoxy) is 2. The van der Waals surface area contributed by atoms with E-state index in [1.165, 1.54) is 12.1 Å². The number of methoxy groups -OCH3 is 1. The fourth-order valence-electron chi connectivity index (χ4n) is 1.84. The van der Waals surface area contributed by atoms with Crippen LogP contribution in [-0.4, -0.2) is 31.3 Å². The Morgan fingerprint density at radius 1 is 1.18 bits per heavy atom. The third-order valence-corrected chi connectivity index (χ3v) is 2.96. The van der Waals surface area contributed by atoms with Crippen LogP contribution < -0.4 is 14.8 Å². The third-order valence-electron chi connectivity index (χ3n) is 2.96. The van der Waals surface area contributed by atoms with E-state index in [0.717, 1.165) is 11.8 Å². The van der Waals surface area contributed by atoms with Crippen LogP contribution in [-0.2, 0) is 0 Å². The van der Waals surface area contributed by atoms with Crippen molar-refractivity contribution < 1.29 is 23.8 Å². The van der Waals surface area contributed by atoms with Crippen molar-refractivity contribution in [3.8, 4) is 11.5 Å². The van der Waals surface area contributed by atoms with E-state index in [1.54, 1.807) is 31.4 Å². The third kappa shape index (κ3) is 4.12. The first-order valence-corrected chi connectivity index (χ1v) is 6.63. The van der Waals surface area contributed by atoms with Crippen LogP contribution in [0, 0.1) is 5.82 Å². The van der Waals surface area contributed by atoms with Crippen molar-refractivity contribution in [2.75, 3.05) is 25.6 Å². The van der Waals surface area contributed by atoms with Gasteiger partial charge in [0.05, 0.1) is 12.7 Å². The molecule has 0 saturated heterocycles. The van der Waals surface area contributed by atoms with Crippen molar-refractivity contribution in [2.24, 2.45) is 0 Å². The van der Waals surface area contributed by atoms with Gasteiger partial charge in [0.15, 0.2) is 0 Å². The number of hydrogen-bond donors (Lipinski definition) is 2. The maximum Gasteiger partial charge on any atom is 0.338 e. The maximum absolute atomic E-state index is 13.2. The molecule has 116 valence electrons. The number of aromatic carboxylic acids is 1. The van der Waals surface area contributed by atoms with E-state index in [2.05, 4.69) is 5.32 Å². The van der Waals surface area contributed by atoms with Crippen molar-refractivity contribution in [2.45, 2.75) is 0 Å². The Bertz CT molecular complexity index is 643. The average molecular weight is 305 g/mol. The Labute approximate surface area is 127 Å². The summed E-state index contributed by atoms with van der Waals surface area (Å²) in [6, 6.07) is 11.0. The molecule has 0 fully saturated rings. The fourth-order valence-corrected chi connectivity index (χ4v) is 1.84. The number of halogens is 1. The molecular formula is C16H16FNO4. The maximum atomic E-state index is 13.2. The molecule has 22 heavy (non-hydrogen) atoms. The van der Waals surface area contributed by atoms with Gasteiger partial charge in [-0.3, -0.25) is 0 Å². The molecule has 5 nitrogen and oxygen atoms in total. The number of rotatable bonds is 7. The predicted octanol–water partition coefficient (Wildman–Crippen LogP) is 3.02. The molecule has 0 unspecified atom stereocenters. The van der Waals surface area contributed by atoms with Crippen molar-refractivity contribution in [3.05, 3.63) is 53.8 Å². The summed E-state index contributed by atoms with van der Waals surface area (Å²) in [4.78, 5) is 10.8. The summed E-state index contributed by atoms with van der Waals surface area (Å²) in [6.45, 7) is 0.836. The Hall–Kier alpha value is -2.76. The van der Waals surface area contributed by atoms with Crippen molar-refractivity contribution >= 4 is 11.7 Å². The SMILES string of the molecule is COc1ccc(OCCNc2ccc(F)c(C(=O)O)c2)cc1. The highest BCUT2D eigenvalue weighted by Gasteiger charge is 2.10. The van der Waals surface area contributed by atoms with Crippen molar-refractivity contribution in [1.29, 1.82) is 0 Å². The lowest BCUT2D eigenvalue weighted by Gasteiger charge is -2.10. The second-order valence-corrected chi connectivity index (χ2v) is 4.45. The number of hydrogen-bond acceptors (Lipinski definition) is 4. The van der Waals surface area contributed by atoms with Crippen LogP contribution >= 0.6 is 0 Å². The van der Waals surface area contributed by atoms with Gasteiger partial charge in [-0.05, 0) is 42.5 Å². The van der Waals surface area contributed by atoms with Crippen LogP contribution in [0.2, 0.25) is 0 Å². The molecule has 6 heteroatoms. The summed E-state index contributed by atoms with van der Waals surface area (Å²) in [5, 5.41) is 11.8. The first-order valence-electron chi connectivity index (χ1n) is 6.63. The summed E-state index contributed by atoms with van der Waals surface area (Å²) < 4.78 is 23.8. The number of nitrogens with one attached hydrogen (secondary N) is 1. The molecule has 0 bridgehead atoms. The van der Waals surface area contributed by atoms with Crippen LogP contribution in [0.5, 0.6) is 11.5 Å². The fraction of sp³-hybridized carbons (Fsp3) is 0.188. The zero-order chi connectivity index (χ0) is 15.9. The van der Waals surface area contributed by atoms with Crippen LogP contribution in [0.1, 0.15) is 10.4 Å². The van der Waals surface area contributed by atoms with E-state index in [4.69, 9.17) is 14.6 Å². The monoisotopic (exact) mass is 305 g/mol. The molecule has 0 aliphatic carbocycles. The molecule has 0 atom stereocenters. The zero-order valence-electron chi connectivity index (χ0n) is 12.0. The van der Waals surface area contributed by atoms with Gasteiger partial charge in [0.25, 0.3) is 0 Å². The summed E-state index contributed by atoms with van der Waals surface area (Å²) >= 11 is 0. The van der Waals surface area contributed by atoms with Crippen LogP contribution in [0.3, 0.4) is 0 Å². The number of benzene rings is 2. The summed E-state index contributed by atoms with van der Waals surface area (Å²) in [5.41, 5.74) is 0.165. The van der Waals surface area contributed by atoms with Gasteiger partial charge < -0.3 is 19.9 Å². The molecule has 0 amide bonds. The second-order valence-electron chi connectivity index (χ2n) is 4.45. The van der Waals surface area contributed by atoms with Gasteiger partial charge in [-0.1, -0.05) is 0 Å². The van der Waals surface area contributed by atoms with Gasteiger partial charge in [-0.2, -0.15) is 0 Å². The smallest absolute Gasteiger partial charge is 0.338 e. The molecule has 0 saturated carbocycles. The lowest BCUT2D eigenvalue weighted by Crippen LogP contribution is -2.12. The summed E-state index contributed by atoms with van der Waals surface area (Å²) in [6.07, 6.45) is 0. The normalized spacial score (nSPS) is 10.1. The summed E-state index contributed by atoms with van der Waals surface area (Å²) in [7, 11) is 1.59. The minimum Gasteiger partial charge on any atom is -0.497 e. The Morgan fingerprint density at radius 3 is 2.50 bits per heavy atom. The van der Waals surface area contributed by atoms with E-state index in [1.807, 2.05) is 0 Å². The minimum atomic E-state index is -1.30. The lowest BCUT2D eigenvalue weighted by molar-refractivity contribution is 0.0692. The summed E-state index contributed by atoms with van der Waals surface area (Å²) in [5.74, 6) is -0.603. The van der Waals surface area contributed by atoms with Gasteiger partial charge >= 0.3 is 5.97 Å². The quantitative estimate of drug-likeness (QED) is 0.770. The van der Waals surface area contributed by atoms with Gasteiger partial charge in [0.1, 0.15) is 23.9 Å². The molecule has 2 aromatic rings. The highest BCUT2D eigenvalue weighted by molar-refractivity contribution is 5.89. The van der Waals surface area contributed by atoms with E-state index in [-0.39, 0.29) is 5.56 Å². The molecule has 0 aliphatic heterocycles. The molecule has 2 rings (SSSR count). The predicted molar refractivity (Wildman–Crippen MR) is 80.3 cm³/mol. The highest BCUT2D eigenvalue weighted by atomic mass is 19.1. The van der Waals surface area contributed by atoms with E-state index < -0.39 is 11.8 Å². The average Bonchev–Trinajstić information content (AvgIpc) is 2.53. The molecule has 0 radical (unpaired) electrons. The van der Waals surface area contributed by atoms with E-state index in [0.29, 0.717) is 24.6 Å². The Balaban J connectivity index is 1.83. The molecular weight excluding hydrogens is 289 g/mol. The van der Waals surface area contributed by atoms with Gasteiger partial charge in [-0.15, -0.1) is 0 Å². The molecule has 0 aromatic heterocycles. The number of anilines is 1. The van der Waals surface area contributed by atoms with Gasteiger partial charge in [0, 0.05) is 12.2 Å². The number of carboxylic acids is 1. The van der Waals surface area contributed by atoms with Gasteiger partial charge in [-0.25, -0.2) is 9.18 Å². The topological polar surface area (TPSA) is 67.8 Å². The van der Waals surface area contributed by atoms with Crippen LogP contribution in [0.15, 0.2) is 42.5 Å². The number of carboxylic acid groups (broad SMARTS) is 1. The minimum absolute atomic E-state index is 0.360. The first-order chi connectivity index (χ1) is 10.6. The van der Waals surface area contributed by atoms with E-state index in [9.17, 15) is 9.18 Å². The largest absolute Gasteiger partial charge is 0.497 e. The molecule has 2 N–H and O–H groups in total.